The minimum absolute atomic E-state index is 0.00197. The van der Waals surface area contributed by atoms with Gasteiger partial charge >= 0.3 is 12.1 Å². The number of ether oxygens (including phenoxy) is 3. The predicted octanol–water partition coefficient (Wildman–Crippen LogP) is 6.78. The third-order valence-electron chi connectivity index (χ3n) is 6.51. The lowest BCUT2D eigenvalue weighted by Gasteiger charge is -2.17. The molecule has 0 aliphatic carbocycles. The van der Waals surface area contributed by atoms with E-state index in [0.717, 1.165) is 29.0 Å². The smallest absolute Gasteiger partial charge is 0.416 e. The maximum atomic E-state index is 13.7. The van der Waals surface area contributed by atoms with Crippen molar-refractivity contribution in [2.75, 3.05) is 26.9 Å². The molecule has 0 aliphatic heterocycles. The third kappa shape index (κ3) is 6.54. The first-order valence-electron chi connectivity index (χ1n) is 12.6. The zero-order chi connectivity index (χ0) is 28.2. The first-order chi connectivity index (χ1) is 18.6. The predicted molar refractivity (Wildman–Crippen MR) is 144 cm³/mol. The average molecular weight is 541 g/mol. The van der Waals surface area contributed by atoms with Crippen LogP contribution in [-0.4, -0.2) is 37.4 Å². The van der Waals surface area contributed by atoms with Gasteiger partial charge in [0.2, 0.25) is 0 Å². The molecule has 1 atom stereocenters. The molecule has 39 heavy (non-hydrogen) atoms. The van der Waals surface area contributed by atoms with Crippen LogP contribution in [0.25, 0.3) is 22.0 Å². The van der Waals surface area contributed by atoms with E-state index < -0.39 is 17.7 Å². The number of nitrogens with zero attached hydrogens (tertiary/aromatic N) is 1. The van der Waals surface area contributed by atoms with Gasteiger partial charge in [0, 0.05) is 30.5 Å². The summed E-state index contributed by atoms with van der Waals surface area (Å²) in [6.45, 7) is 4.56. The maximum Gasteiger partial charge on any atom is 0.416 e. The number of esters is 1. The van der Waals surface area contributed by atoms with E-state index in [-0.39, 0.29) is 25.0 Å². The average Bonchev–Trinajstić information content (AvgIpc) is 3.26. The van der Waals surface area contributed by atoms with Gasteiger partial charge < -0.3 is 24.1 Å². The van der Waals surface area contributed by atoms with E-state index in [0.29, 0.717) is 28.8 Å². The number of halogens is 3. The molecule has 1 aromatic heterocycles. The molecular weight excluding hydrogens is 509 g/mol. The Morgan fingerprint density at radius 3 is 2.51 bits per heavy atom. The Hall–Kier alpha value is -3.98. The molecule has 206 valence electrons. The number of benzene rings is 3. The molecule has 0 unspecified atom stereocenters. The standard InChI is InChI=1S/C30H31F3N2O4/c1-5-38-29(36)28-17-23-13-21(9-10-27(23)35(28)3)22-14-24(30(31,32)33)18-26(16-22)39-12-11-34-19(2)20-7-6-8-25(15-20)37-4/h6-10,13-19,34H,5,11-12H2,1-4H3/t19-/m1/s1. The SMILES string of the molecule is CCOC(=O)c1cc2cc(-c3cc(OCCN[C@H](C)c4cccc(OC)c4)cc(C(F)(F)F)c3)ccc2n1C. The van der Waals surface area contributed by atoms with Gasteiger partial charge in [-0.1, -0.05) is 18.2 Å². The van der Waals surface area contributed by atoms with Crippen LogP contribution in [0, 0.1) is 0 Å². The van der Waals surface area contributed by atoms with E-state index in [2.05, 4.69) is 5.32 Å². The second-order valence-electron chi connectivity index (χ2n) is 9.13. The molecule has 0 bridgehead atoms. The summed E-state index contributed by atoms with van der Waals surface area (Å²) >= 11 is 0. The highest BCUT2D eigenvalue weighted by Crippen LogP contribution is 2.36. The number of rotatable bonds is 10. The Morgan fingerprint density at radius 1 is 1.00 bits per heavy atom. The van der Waals surface area contributed by atoms with Gasteiger partial charge in [-0.3, -0.25) is 0 Å². The van der Waals surface area contributed by atoms with Crippen molar-refractivity contribution in [3.8, 4) is 22.6 Å². The van der Waals surface area contributed by atoms with Crippen molar-refractivity contribution in [1.29, 1.82) is 0 Å². The van der Waals surface area contributed by atoms with E-state index in [1.165, 1.54) is 0 Å². The number of carbonyl (C=O) groups is 1. The largest absolute Gasteiger partial charge is 0.497 e. The highest BCUT2D eigenvalue weighted by molar-refractivity contribution is 5.97. The summed E-state index contributed by atoms with van der Waals surface area (Å²) < 4.78 is 59.1. The molecule has 0 spiro atoms. The molecule has 4 rings (SSSR count). The molecule has 0 amide bonds. The zero-order valence-corrected chi connectivity index (χ0v) is 22.3. The second kappa shape index (κ2) is 11.8. The fraction of sp³-hybridized carbons (Fsp3) is 0.300. The van der Waals surface area contributed by atoms with Crippen LogP contribution in [0.2, 0.25) is 0 Å². The summed E-state index contributed by atoms with van der Waals surface area (Å²) in [5.74, 6) is 0.414. The molecule has 0 fully saturated rings. The third-order valence-corrected chi connectivity index (χ3v) is 6.51. The van der Waals surface area contributed by atoms with Gasteiger partial charge in [0.05, 0.1) is 19.3 Å². The van der Waals surface area contributed by atoms with Crippen molar-refractivity contribution in [2.45, 2.75) is 26.1 Å². The fourth-order valence-electron chi connectivity index (χ4n) is 4.42. The van der Waals surface area contributed by atoms with E-state index in [4.69, 9.17) is 14.2 Å². The van der Waals surface area contributed by atoms with Crippen LogP contribution in [-0.2, 0) is 18.0 Å². The van der Waals surface area contributed by atoms with Crippen LogP contribution in [0.4, 0.5) is 13.2 Å². The summed E-state index contributed by atoms with van der Waals surface area (Å²) in [5.41, 5.74) is 2.30. The molecule has 9 heteroatoms. The summed E-state index contributed by atoms with van der Waals surface area (Å²) in [6, 6.07) is 18.3. The lowest BCUT2D eigenvalue weighted by molar-refractivity contribution is -0.137. The van der Waals surface area contributed by atoms with Crippen molar-refractivity contribution in [1.82, 2.24) is 9.88 Å². The van der Waals surface area contributed by atoms with Gasteiger partial charge in [0.25, 0.3) is 0 Å². The molecule has 6 nitrogen and oxygen atoms in total. The lowest BCUT2D eigenvalue weighted by atomic mass is 10.0. The Bertz CT molecular complexity index is 1460. The normalized spacial score (nSPS) is 12.4. The first-order valence-corrected chi connectivity index (χ1v) is 12.6. The lowest BCUT2D eigenvalue weighted by Crippen LogP contribution is -2.24. The number of nitrogens with one attached hydrogen (secondary N) is 1. The second-order valence-corrected chi connectivity index (χ2v) is 9.13. The minimum atomic E-state index is -4.54. The molecule has 0 saturated heterocycles. The van der Waals surface area contributed by atoms with E-state index >= 15 is 0 Å². The minimum Gasteiger partial charge on any atom is -0.497 e. The first kappa shape index (κ1) is 28.0. The molecule has 0 radical (unpaired) electrons. The maximum absolute atomic E-state index is 13.7. The van der Waals surface area contributed by atoms with Crippen molar-refractivity contribution in [3.63, 3.8) is 0 Å². The summed E-state index contributed by atoms with van der Waals surface area (Å²) in [4.78, 5) is 12.3. The number of methoxy groups -OCH3 is 1. The molecule has 3 aromatic carbocycles. The van der Waals surface area contributed by atoms with Gasteiger partial charge in [0.1, 0.15) is 23.8 Å². The number of carbonyl (C=O) groups excluding carboxylic acids is 1. The van der Waals surface area contributed by atoms with Crippen LogP contribution in [0.1, 0.15) is 41.5 Å². The molecule has 1 heterocycles. The quantitative estimate of drug-likeness (QED) is 0.178. The van der Waals surface area contributed by atoms with E-state index in [1.54, 1.807) is 56.0 Å². The number of alkyl halides is 3. The van der Waals surface area contributed by atoms with Crippen LogP contribution in [0.15, 0.2) is 66.7 Å². The molecular formula is C30H31F3N2O4. The highest BCUT2D eigenvalue weighted by atomic mass is 19.4. The van der Waals surface area contributed by atoms with Gasteiger partial charge in [-0.05, 0) is 79.1 Å². The van der Waals surface area contributed by atoms with Crippen molar-refractivity contribution >= 4 is 16.9 Å². The topological polar surface area (TPSA) is 61.7 Å². The Kier molecular flexibility index (Phi) is 8.50. The van der Waals surface area contributed by atoms with Gasteiger partial charge in [-0.15, -0.1) is 0 Å². The van der Waals surface area contributed by atoms with Crippen LogP contribution in [0.5, 0.6) is 11.5 Å². The van der Waals surface area contributed by atoms with Gasteiger partial charge in [-0.25, -0.2) is 4.79 Å². The number of aryl methyl sites for hydroxylation is 1. The number of hydrogen-bond acceptors (Lipinski definition) is 5. The Morgan fingerprint density at radius 2 is 1.79 bits per heavy atom. The Balaban J connectivity index is 1.53. The molecule has 0 aliphatic rings. The van der Waals surface area contributed by atoms with Crippen molar-refractivity contribution in [3.05, 3.63) is 83.6 Å². The molecule has 1 N–H and O–H groups in total. The van der Waals surface area contributed by atoms with Gasteiger partial charge in [-0.2, -0.15) is 13.2 Å². The summed E-state index contributed by atoms with van der Waals surface area (Å²) in [7, 11) is 3.35. The number of hydrogen-bond donors (Lipinski definition) is 1. The zero-order valence-electron chi connectivity index (χ0n) is 22.3. The van der Waals surface area contributed by atoms with Gasteiger partial charge in [0.15, 0.2) is 0 Å². The van der Waals surface area contributed by atoms with Crippen LogP contribution < -0.4 is 14.8 Å². The highest BCUT2D eigenvalue weighted by Gasteiger charge is 2.31. The van der Waals surface area contributed by atoms with Crippen molar-refractivity contribution < 1.29 is 32.2 Å². The monoisotopic (exact) mass is 540 g/mol. The molecule has 0 saturated carbocycles. The van der Waals surface area contributed by atoms with Crippen LogP contribution in [0.3, 0.4) is 0 Å². The summed E-state index contributed by atoms with van der Waals surface area (Å²) in [5, 5.41) is 4.03. The van der Waals surface area contributed by atoms with Crippen LogP contribution >= 0.6 is 0 Å². The molecule has 4 aromatic rings. The Labute approximate surface area is 225 Å². The fourth-order valence-corrected chi connectivity index (χ4v) is 4.42. The number of aromatic nitrogens is 1. The van der Waals surface area contributed by atoms with Crippen molar-refractivity contribution in [2.24, 2.45) is 7.05 Å². The van der Waals surface area contributed by atoms with E-state index in [9.17, 15) is 18.0 Å². The van der Waals surface area contributed by atoms with E-state index in [1.807, 2.05) is 31.2 Å². The number of fused-ring (bicyclic) bond motifs is 1. The summed E-state index contributed by atoms with van der Waals surface area (Å²) in [6.07, 6.45) is -4.54.